The van der Waals surface area contributed by atoms with Gasteiger partial charge in [0.1, 0.15) is 5.82 Å². The van der Waals surface area contributed by atoms with E-state index in [1.54, 1.807) is 10.5 Å². The Morgan fingerprint density at radius 2 is 2.00 bits per heavy atom. The van der Waals surface area contributed by atoms with Crippen LogP contribution < -0.4 is 5.32 Å². The standard InChI is InChI=1S/C19H25ClFN3O/c20-17-14-16(6-7-18(17)21)22-19(25)24-12-10-23(11-13-24)9-8-15-4-2-1-3-5-15/h4,6-7,14H,1-3,5,8-13H2,(H,22,25). The third-order valence-electron chi connectivity index (χ3n) is 4.96. The number of hydrogen-bond donors (Lipinski definition) is 1. The minimum atomic E-state index is -0.485. The molecule has 2 amide bonds. The van der Waals surface area contributed by atoms with Crippen molar-refractivity contribution in [3.05, 3.63) is 40.7 Å². The molecule has 1 aliphatic heterocycles. The maximum absolute atomic E-state index is 13.2. The first kappa shape index (κ1) is 18.2. The SMILES string of the molecule is O=C(Nc1ccc(F)c(Cl)c1)N1CCN(CCC2=CCCCC2)CC1. The van der Waals surface area contributed by atoms with Crippen LogP contribution in [0.3, 0.4) is 0 Å². The molecule has 0 unspecified atom stereocenters. The number of benzene rings is 1. The molecule has 3 rings (SSSR count). The lowest BCUT2D eigenvalue weighted by molar-refractivity contribution is 0.148. The largest absolute Gasteiger partial charge is 0.322 e. The van der Waals surface area contributed by atoms with E-state index in [0.717, 1.165) is 26.1 Å². The zero-order valence-electron chi connectivity index (χ0n) is 14.4. The van der Waals surface area contributed by atoms with Crippen molar-refractivity contribution in [3.8, 4) is 0 Å². The molecule has 0 aromatic heterocycles. The number of nitrogens with zero attached hydrogens (tertiary/aromatic N) is 2. The second kappa shape index (κ2) is 8.68. The summed E-state index contributed by atoms with van der Waals surface area (Å²) < 4.78 is 13.2. The van der Waals surface area contributed by atoms with E-state index in [4.69, 9.17) is 11.6 Å². The third-order valence-corrected chi connectivity index (χ3v) is 5.25. The molecule has 1 aliphatic carbocycles. The van der Waals surface area contributed by atoms with Gasteiger partial charge in [-0.25, -0.2) is 9.18 Å². The van der Waals surface area contributed by atoms with Crippen LogP contribution in [0.25, 0.3) is 0 Å². The van der Waals surface area contributed by atoms with Gasteiger partial charge in [-0.2, -0.15) is 0 Å². The summed E-state index contributed by atoms with van der Waals surface area (Å²) in [5, 5.41) is 2.80. The molecular weight excluding hydrogens is 341 g/mol. The molecule has 1 saturated heterocycles. The summed E-state index contributed by atoms with van der Waals surface area (Å²) in [6.45, 7) is 4.28. The summed E-state index contributed by atoms with van der Waals surface area (Å²) in [6, 6.07) is 4.06. The maximum Gasteiger partial charge on any atom is 0.321 e. The molecule has 1 fully saturated rings. The fourth-order valence-corrected chi connectivity index (χ4v) is 3.56. The molecule has 0 spiro atoms. The Hall–Kier alpha value is -1.59. The van der Waals surface area contributed by atoms with Crippen LogP contribution in [0.1, 0.15) is 32.1 Å². The van der Waals surface area contributed by atoms with Gasteiger partial charge in [-0.1, -0.05) is 23.3 Å². The second-order valence-corrected chi connectivity index (χ2v) is 7.15. The van der Waals surface area contributed by atoms with Gasteiger partial charge in [0.05, 0.1) is 5.02 Å². The smallest absolute Gasteiger partial charge is 0.321 e. The third kappa shape index (κ3) is 5.19. The number of nitrogens with one attached hydrogen (secondary N) is 1. The molecule has 136 valence electrons. The van der Waals surface area contributed by atoms with Gasteiger partial charge in [0.15, 0.2) is 0 Å². The van der Waals surface area contributed by atoms with E-state index in [2.05, 4.69) is 16.3 Å². The number of hydrogen-bond acceptors (Lipinski definition) is 2. The van der Waals surface area contributed by atoms with Gasteiger partial charge in [-0.15, -0.1) is 0 Å². The predicted molar refractivity (Wildman–Crippen MR) is 99.6 cm³/mol. The Kier molecular flexibility index (Phi) is 6.32. The van der Waals surface area contributed by atoms with Crippen molar-refractivity contribution >= 4 is 23.3 Å². The van der Waals surface area contributed by atoms with E-state index < -0.39 is 5.82 Å². The highest BCUT2D eigenvalue weighted by molar-refractivity contribution is 6.31. The van der Waals surface area contributed by atoms with E-state index in [9.17, 15) is 9.18 Å². The zero-order chi connectivity index (χ0) is 17.6. The number of rotatable bonds is 4. The van der Waals surface area contributed by atoms with Gasteiger partial charge < -0.3 is 10.2 Å². The highest BCUT2D eigenvalue weighted by atomic mass is 35.5. The molecule has 25 heavy (non-hydrogen) atoms. The molecule has 0 atom stereocenters. The molecule has 1 aromatic carbocycles. The average Bonchev–Trinajstić information content (AvgIpc) is 2.64. The van der Waals surface area contributed by atoms with Gasteiger partial charge in [0.25, 0.3) is 0 Å². The number of piperazine rings is 1. The summed E-state index contributed by atoms with van der Waals surface area (Å²) in [7, 11) is 0. The first-order chi connectivity index (χ1) is 12.1. The number of urea groups is 1. The van der Waals surface area contributed by atoms with E-state index in [0.29, 0.717) is 18.8 Å². The van der Waals surface area contributed by atoms with E-state index in [1.807, 2.05) is 0 Å². The van der Waals surface area contributed by atoms with Gasteiger partial charge in [-0.05, 0) is 50.3 Å². The predicted octanol–water partition coefficient (Wildman–Crippen LogP) is 4.52. The molecule has 4 nitrogen and oxygen atoms in total. The van der Waals surface area contributed by atoms with E-state index in [1.165, 1.54) is 43.9 Å². The molecule has 1 aromatic rings. The molecular formula is C19H25ClFN3O. The number of allylic oxidation sites excluding steroid dienone is 1. The first-order valence-corrected chi connectivity index (χ1v) is 9.41. The maximum atomic E-state index is 13.2. The number of amides is 2. The van der Waals surface area contributed by atoms with Crippen LogP contribution in [-0.4, -0.2) is 48.6 Å². The fraction of sp³-hybridized carbons (Fsp3) is 0.526. The molecule has 0 bridgehead atoms. The average molecular weight is 366 g/mol. The number of halogens is 2. The molecule has 0 saturated carbocycles. The summed E-state index contributed by atoms with van der Waals surface area (Å²) in [4.78, 5) is 16.5. The van der Waals surface area contributed by atoms with Gasteiger partial charge in [0.2, 0.25) is 0 Å². The summed E-state index contributed by atoms with van der Waals surface area (Å²) in [5.41, 5.74) is 2.11. The van der Waals surface area contributed by atoms with Gasteiger partial charge >= 0.3 is 6.03 Å². The van der Waals surface area contributed by atoms with Crippen molar-refractivity contribution in [1.82, 2.24) is 9.80 Å². The summed E-state index contributed by atoms with van der Waals surface area (Å²) in [6.07, 6.45) is 8.70. The van der Waals surface area contributed by atoms with Crippen LogP contribution in [0.2, 0.25) is 5.02 Å². The van der Waals surface area contributed by atoms with Crippen LogP contribution >= 0.6 is 11.6 Å². The van der Waals surface area contributed by atoms with Crippen LogP contribution in [0.5, 0.6) is 0 Å². The fourth-order valence-electron chi connectivity index (χ4n) is 3.38. The molecule has 2 aliphatic rings. The van der Waals surface area contributed by atoms with Crippen molar-refractivity contribution < 1.29 is 9.18 Å². The van der Waals surface area contributed by atoms with E-state index in [-0.39, 0.29) is 11.1 Å². The minimum Gasteiger partial charge on any atom is -0.322 e. The van der Waals surface area contributed by atoms with Crippen LogP contribution in [0, 0.1) is 5.82 Å². The Bertz CT molecular complexity index is 642. The molecule has 0 radical (unpaired) electrons. The lowest BCUT2D eigenvalue weighted by Gasteiger charge is -2.35. The first-order valence-electron chi connectivity index (χ1n) is 9.03. The zero-order valence-corrected chi connectivity index (χ0v) is 15.2. The monoisotopic (exact) mass is 365 g/mol. The molecule has 1 heterocycles. The van der Waals surface area contributed by atoms with Gasteiger partial charge in [0, 0.05) is 38.4 Å². The summed E-state index contributed by atoms with van der Waals surface area (Å²) >= 11 is 5.75. The van der Waals surface area contributed by atoms with E-state index >= 15 is 0 Å². The van der Waals surface area contributed by atoms with Gasteiger partial charge in [-0.3, -0.25) is 4.90 Å². The normalized spacial score (nSPS) is 18.8. The Balaban J connectivity index is 1.42. The Labute approximate surface area is 153 Å². The number of carbonyl (C=O) groups is 1. The van der Waals surface area contributed by atoms with Crippen LogP contribution in [0.4, 0.5) is 14.9 Å². The lowest BCUT2D eigenvalue weighted by Crippen LogP contribution is -2.50. The summed E-state index contributed by atoms with van der Waals surface area (Å²) in [5.74, 6) is -0.485. The van der Waals surface area contributed by atoms with Crippen LogP contribution in [-0.2, 0) is 0 Å². The quantitative estimate of drug-likeness (QED) is 0.796. The lowest BCUT2D eigenvalue weighted by atomic mass is 9.97. The Morgan fingerprint density at radius 1 is 1.20 bits per heavy atom. The highest BCUT2D eigenvalue weighted by Crippen LogP contribution is 2.21. The number of carbonyl (C=O) groups excluding carboxylic acids is 1. The van der Waals surface area contributed by atoms with Crippen molar-refractivity contribution in [3.63, 3.8) is 0 Å². The Morgan fingerprint density at radius 3 is 2.68 bits per heavy atom. The molecule has 1 N–H and O–H groups in total. The molecule has 6 heteroatoms. The minimum absolute atomic E-state index is 0.0136. The van der Waals surface area contributed by atoms with Crippen molar-refractivity contribution in [2.45, 2.75) is 32.1 Å². The van der Waals surface area contributed by atoms with Crippen molar-refractivity contribution in [2.24, 2.45) is 0 Å². The highest BCUT2D eigenvalue weighted by Gasteiger charge is 2.21. The van der Waals surface area contributed by atoms with Crippen molar-refractivity contribution in [1.29, 1.82) is 0 Å². The van der Waals surface area contributed by atoms with Crippen LogP contribution in [0.15, 0.2) is 29.8 Å². The topological polar surface area (TPSA) is 35.6 Å². The van der Waals surface area contributed by atoms with Crippen molar-refractivity contribution in [2.75, 3.05) is 38.0 Å². The number of anilines is 1. The second-order valence-electron chi connectivity index (χ2n) is 6.75.